The Hall–Kier alpha value is -0.0800. The molecular weight excluding hydrogens is 172 g/mol. The van der Waals surface area contributed by atoms with Crippen LogP contribution < -0.4 is 5.32 Å². The minimum absolute atomic E-state index is 0.829. The first-order valence-electron chi connectivity index (χ1n) is 6.41. The van der Waals surface area contributed by atoms with Crippen molar-refractivity contribution in [2.75, 3.05) is 19.6 Å². The lowest BCUT2D eigenvalue weighted by molar-refractivity contribution is 0.150. The fourth-order valence-corrected chi connectivity index (χ4v) is 3.52. The van der Waals surface area contributed by atoms with Crippen molar-refractivity contribution >= 4 is 0 Å². The summed E-state index contributed by atoms with van der Waals surface area (Å²) in [5, 5.41) is 3.53. The fourth-order valence-electron chi connectivity index (χ4n) is 3.52. The smallest absolute Gasteiger partial charge is 0.0207 e. The van der Waals surface area contributed by atoms with Gasteiger partial charge >= 0.3 is 0 Å². The van der Waals surface area contributed by atoms with Gasteiger partial charge in [0.25, 0.3) is 0 Å². The van der Waals surface area contributed by atoms with Gasteiger partial charge < -0.3 is 5.32 Å². The summed E-state index contributed by atoms with van der Waals surface area (Å²) < 4.78 is 0. The van der Waals surface area contributed by atoms with Crippen LogP contribution in [-0.4, -0.2) is 36.6 Å². The summed E-state index contributed by atoms with van der Waals surface area (Å²) >= 11 is 0. The highest BCUT2D eigenvalue weighted by atomic mass is 15.2. The zero-order chi connectivity index (χ0) is 9.38. The van der Waals surface area contributed by atoms with E-state index in [1.807, 2.05) is 0 Å². The summed E-state index contributed by atoms with van der Waals surface area (Å²) in [4.78, 5) is 2.78. The molecule has 0 amide bonds. The summed E-state index contributed by atoms with van der Waals surface area (Å²) in [6.07, 6.45) is 8.87. The molecule has 2 heteroatoms. The van der Waals surface area contributed by atoms with Crippen LogP contribution in [0.2, 0.25) is 0 Å². The molecule has 3 atom stereocenters. The second-order valence-corrected chi connectivity index (χ2v) is 5.34. The standard InChI is InChI=1S/C12H22N2/c1-2-4-12-10(3-1)6-8-14(12)9-11-5-7-13-11/h10-13H,1-9H2. The van der Waals surface area contributed by atoms with Crippen LogP contribution in [0.5, 0.6) is 0 Å². The van der Waals surface area contributed by atoms with E-state index in [1.165, 1.54) is 58.2 Å². The molecule has 0 spiro atoms. The maximum absolute atomic E-state index is 3.53. The molecule has 3 unspecified atom stereocenters. The molecule has 0 aromatic heterocycles. The van der Waals surface area contributed by atoms with E-state index in [0.717, 1.165) is 18.0 Å². The highest BCUT2D eigenvalue weighted by Crippen LogP contribution is 2.36. The van der Waals surface area contributed by atoms with Gasteiger partial charge in [-0.15, -0.1) is 0 Å². The number of fused-ring (bicyclic) bond motifs is 1. The summed E-state index contributed by atoms with van der Waals surface area (Å²) in [6, 6.07) is 1.79. The van der Waals surface area contributed by atoms with Gasteiger partial charge in [-0.05, 0) is 44.7 Å². The average molecular weight is 194 g/mol. The van der Waals surface area contributed by atoms with E-state index in [2.05, 4.69) is 10.2 Å². The molecule has 2 aliphatic heterocycles. The Morgan fingerprint density at radius 2 is 1.93 bits per heavy atom. The minimum atomic E-state index is 0.829. The quantitative estimate of drug-likeness (QED) is 0.718. The predicted octanol–water partition coefficient (Wildman–Crippen LogP) is 1.61. The van der Waals surface area contributed by atoms with E-state index in [4.69, 9.17) is 0 Å². The third-order valence-corrected chi connectivity index (χ3v) is 4.51. The fraction of sp³-hybridized carbons (Fsp3) is 1.00. The van der Waals surface area contributed by atoms with Crippen molar-refractivity contribution in [1.29, 1.82) is 0 Å². The monoisotopic (exact) mass is 194 g/mol. The zero-order valence-electron chi connectivity index (χ0n) is 9.04. The lowest BCUT2D eigenvalue weighted by Gasteiger charge is -2.37. The molecule has 2 nitrogen and oxygen atoms in total. The van der Waals surface area contributed by atoms with E-state index >= 15 is 0 Å². The van der Waals surface area contributed by atoms with Crippen molar-refractivity contribution in [3.05, 3.63) is 0 Å². The first-order valence-corrected chi connectivity index (χ1v) is 6.41. The van der Waals surface area contributed by atoms with E-state index in [9.17, 15) is 0 Å². The molecule has 0 bridgehead atoms. The molecule has 3 aliphatic rings. The van der Waals surface area contributed by atoms with Crippen LogP contribution in [0.25, 0.3) is 0 Å². The van der Waals surface area contributed by atoms with Gasteiger partial charge in [0.1, 0.15) is 0 Å². The van der Waals surface area contributed by atoms with Crippen LogP contribution in [-0.2, 0) is 0 Å². The molecular formula is C12H22N2. The SMILES string of the molecule is C1CCC2C(C1)CCN2CC1CCN1. The van der Waals surface area contributed by atoms with Gasteiger partial charge in [-0.1, -0.05) is 12.8 Å². The third kappa shape index (κ3) is 1.59. The predicted molar refractivity (Wildman–Crippen MR) is 58.3 cm³/mol. The molecule has 3 rings (SSSR count). The summed E-state index contributed by atoms with van der Waals surface area (Å²) in [5.74, 6) is 1.06. The number of likely N-dealkylation sites (tertiary alicyclic amines) is 1. The van der Waals surface area contributed by atoms with Gasteiger partial charge in [0.15, 0.2) is 0 Å². The van der Waals surface area contributed by atoms with Crippen LogP contribution >= 0.6 is 0 Å². The van der Waals surface area contributed by atoms with Crippen LogP contribution in [0.3, 0.4) is 0 Å². The second kappa shape index (κ2) is 3.82. The zero-order valence-corrected chi connectivity index (χ0v) is 9.04. The molecule has 2 heterocycles. The molecule has 80 valence electrons. The van der Waals surface area contributed by atoms with Crippen LogP contribution in [0, 0.1) is 5.92 Å². The maximum Gasteiger partial charge on any atom is 0.0207 e. The number of hydrogen-bond donors (Lipinski definition) is 1. The highest BCUT2D eigenvalue weighted by Gasteiger charge is 2.36. The third-order valence-electron chi connectivity index (χ3n) is 4.51. The van der Waals surface area contributed by atoms with Crippen LogP contribution in [0.4, 0.5) is 0 Å². The minimum Gasteiger partial charge on any atom is -0.313 e. The Morgan fingerprint density at radius 1 is 1.07 bits per heavy atom. The van der Waals surface area contributed by atoms with Crippen molar-refractivity contribution in [2.45, 2.75) is 50.6 Å². The lowest BCUT2D eigenvalue weighted by atomic mass is 9.85. The molecule has 1 saturated carbocycles. The number of hydrogen-bond acceptors (Lipinski definition) is 2. The number of nitrogens with zero attached hydrogens (tertiary/aromatic N) is 1. The maximum atomic E-state index is 3.53. The molecule has 1 aliphatic carbocycles. The van der Waals surface area contributed by atoms with Gasteiger partial charge in [-0.25, -0.2) is 0 Å². The van der Waals surface area contributed by atoms with Gasteiger partial charge in [0.2, 0.25) is 0 Å². The van der Waals surface area contributed by atoms with Crippen molar-refractivity contribution in [3.8, 4) is 0 Å². The second-order valence-electron chi connectivity index (χ2n) is 5.34. The first kappa shape index (κ1) is 9.17. The van der Waals surface area contributed by atoms with Crippen LogP contribution in [0.15, 0.2) is 0 Å². The Balaban J connectivity index is 1.57. The summed E-state index contributed by atoms with van der Waals surface area (Å²) in [6.45, 7) is 3.97. The Bertz CT molecular complexity index is 200. The van der Waals surface area contributed by atoms with Gasteiger partial charge in [0.05, 0.1) is 0 Å². The van der Waals surface area contributed by atoms with E-state index < -0.39 is 0 Å². The molecule has 0 aromatic carbocycles. The van der Waals surface area contributed by atoms with Gasteiger partial charge in [-0.2, -0.15) is 0 Å². The van der Waals surface area contributed by atoms with Crippen LogP contribution in [0.1, 0.15) is 38.5 Å². The van der Waals surface area contributed by atoms with Crippen molar-refractivity contribution in [1.82, 2.24) is 10.2 Å². The summed E-state index contributed by atoms with van der Waals surface area (Å²) in [7, 11) is 0. The molecule has 0 aromatic rings. The van der Waals surface area contributed by atoms with Gasteiger partial charge in [0, 0.05) is 18.6 Å². The van der Waals surface area contributed by atoms with E-state index in [0.29, 0.717) is 0 Å². The van der Waals surface area contributed by atoms with Crippen molar-refractivity contribution in [2.24, 2.45) is 5.92 Å². The molecule has 14 heavy (non-hydrogen) atoms. The van der Waals surface area contributed by atoms with E-state index in [1.54, 1.807) is 0 Å². The largest absolute Gasteiger partial charge is 0.313 e. The van der Waals surface area contributed by atoms with E-state index in [-0.39, 0.29) is 0 Å². The molecule has 3 fully saturated rings. The van der Waals surface area contributed by atoms with Crippen molar-refractivity contribution < 1.29 is 0 Å². The Morgan fingerprint density at radius 3 is 2.71 bits per heavy atom. The van der Waals surface area contributed by atoms with Gasteiger partial charge in [-0.3, -0.25) is 4.90 Å². The lowest BCUT2D eigenvalue weighted by Crippen LogP contribution is -2.51. The average Bonchev–Trinajstić information content (AvgIpc) is 2.55. The summed E-state index contributed by atoms with van der Waals surface area (Å²) in [5.41, 5.74) is 0. The number of nitrogens with one attached hydrogen (secondary N) is 1. The van der Waals surface area contributed by atoms with Crippen molar-refractivity contribution in [3.63, 3.8) is 0 Å². The Labute approximate surface area is 87.0 Å². The normalized spacial score (nSPS) is 43.3. The molecule has 0 radical (unpaired) electrons. The topological polar surface area (TPSA) is 15.3 Å². The number of rotatable bonds is 2. The molecule has 2 saturated heterocycles. The highest BCUT2D eigenvalue weighted by molar-refractivity contribution is 4.92. The molecule has 1 N–H and O–H groups in total. The Kier molecular flexibility index (Phi) is 2.50. The first-order chi connectivity index (χ1) is 6.93.